The van der Waals surface area contributed by atoms with E-state index in [0.29, 0.717) is 10.4 Å². The Kier molecular flexibility index (Phi) is 3.31. The van der Waals surface area contributed by atoms with E-state index in [9.17, 15) is 4.39 Å². The SMILES string of the molecule is Fc1ccc(Cl)c(CN2CCC3(CCNC3)C2)c1. The molecule has 2 fully saturated rings. The lowest BCUT2D eigenvalue weighted by Crippen LogP contribution is -2.29. The second kappa shape index (κ2) is 4.80. The lowest BCUT2D eigenvalue weighted by Gasteiger charge is -2.23. The van der Waals surface area contributed by atoms with Crippen molar-refractivity contribution < 1.29 is 4.39 Å². The van der Waals surface area contributed by atoms with Crippen LogP contribution in [0.25, 0.3) is 0 Å². The van der Waals surface area contributed by atoms with Gasteiger partial charge in [0.1, 0.15) is 5.82 Å². The Labute approximate surface area is 112 Å². The summed E-state index contributed by atoms with van der Waals surface area (Å²) in [5, 5.41) is 4.12. The van der Waals surface area contributed by atoms with Gasteiger partial charge in [-0.25, -0.2) is 4.39 Å². The predicted molar refractivity (Wildman–Crippen MR) is 71.2 cm³/mol. The molecular formula is C14H18ClFN2. The Morgan fingerprint density at radius 1 is 1.39 bits per heavy atom. The third kappa shape index (κ3) is 2.40. The monoisotopic (exact) mass is 268 g/mol. The lowest BCUT2D eigenvalue weighted by atomic mass is 9.86. The van der Waals surface area contributed by atoms with E-state index in [1.54, 1.807) is 12.1 Å². The minimum atomic E-state index is -0.203. The molecule has 0 aromatic heterocycles. The Hall–Kier alpha value is -0.640. The minimum absolute atomic E-state index is 0.203. The first-order valence-electron chi connectivity index (χ1n) is 6.54. The Morgan fingerprint density at radius 3 is 3.06 bits per heavy atom. The van der Waals surface area contributed by atoms with Crippen molar-refractivity contribution in [2.75, 3.05) is 26.2 Å². The minimum Gasteiger partial charge on any atom is -0.316 e. The zero-order chi connectivity index (χ0) is 12.6. The Balaban J connectivity index is 1.69. The number of likely N-dealkylation sites (tertiary alicyclic amines) is 1. The summed E-state index contributed by atoms with van der Waals surface area (Å²) in [6, 6.07) is 4.62. The van der Waals surface area contributed by atoms with Gasteiger partial charge >= 0.3 is 0 Å². The van der Waals surface area contributed by atoms with Crippen LogP contribution >= 0.6 is 11.6 Å². The van der Waals surface area contributed by atoms with E-state index >= 15 is 0 Å². The molecule has 0 aliphatic carbocycles. The van der Waals surface area contributed by atoms with Crippen LogP contribution in [0.2, 0.25) is 5.02 Å². The van der Waals surface area contributed by atoms with Crippen LogP contribution in [0, 0.1) is 11.2 Å². The van der Waals surface area contributed by atoms with Crippen molar-refractivity contribution in [1.82, 2.24) is 10.2 Å². The largest absolute Gasteiger partial charge is 0.316 e. The number of hydrogen-bond donors (Lipinski definition) is 1. The van der Waals surface area contributed by atoms with Crippen molar-refractivity contribution >= 4 is 11.6 Å². The maximum atomic E-state index is 13.2. The number of rotatable bonds is 2. The molecule has 2 aliphatic heterocycles. The summed E-state index contributed by atoms with van der Waals surface area (Å²) < 4.78 is 13.2. The smallest absolute Gasteiger partial charge is 0.123 e. The molecule has 1 aromatic carbocycles. The number of hydrogen-bond acceptors (Lipinski definition) is 2. The summed E-state index contributed by atoms with van der Waals surface area (Å²) in [5.41, 5.74) is 1.36. The van der Waals surface area contributed by atoms with E-state index in [-0.39, 0.29) is 5.82 Å². The Bertz CT molecular complexity index is 443. The van der Waals surface area contributed by atoms with Crippen molar-refractivity contribution in [3.8, 4) is 0 Å². The lowest BCUT2D eigenvalue weighted by molar-refractivity contribution is 0.268. The average Bonchev–Trinajstić information content (AvgIpc) is 2.95. The summed E-state index contributed by atoms with van der Waals surface area (Å²) in [5.74, 6) is -0.203. The van der Waals surface area contributed by atoms with Gasteiger partial charge in [-0.05, 0) is 55.1 Å². The van der Waals surface area contributed by atoms with Gasteiger partial charge in [0, 0.05) is 24.7 Å². The van der Waals surface area contributed by atoms with E-state index in [4.69, 9.17) is 11.6 Å². The highest BCUT2D eigenvalue weighted by Gasteiger charge is 2.40. The van der Waals surface area contributed by atoms with E-state index in [2.05, 4.69) is 10.2 Å². The van der Waals surface area contributed by atoms with Gasteiger partial charge in [0.05, 0.1) is 0 Å². The molecule has 2 heterocycles. The molecule has 0 amide bonds. The summed E-state index contributed by atoms with van der Waals surface area (Å²) in [7, 11) is 0. The molecule has 2 saturated heterocycles. The maximum absolute atomic E-state index is 13.2. The van der Waals surface area contributed by atoms with Crippen molar-refractivity contribution in [2.45, 2.75) is 19.4 Å². The number of benzene rings is 1. The molecule has 1 atom stereocenters. The normalized spacial score (nSPS) is 28.3. The van der Waals surface area contributed by atoms with Crippen LogP contribution in [0.5, 0.6) is 0 Å². The van der Waals surface area contributed by atoms with E-state index in [0.717, 1.165) is 38.3 Å². The first kappa shape index (κ1) is 12.4. The van der Waals surface area contributed by atoms with Gasteiger partial charge in [0.15, 0.2) is 0 Å². The van der Waals surface area contributed by atoms with Crippen LogP contribution < -0.4 is 5.32 Å². The number of halogens is 2. The standard InChI is InChI=1S/C14H18ClFN2/c15-13-2-1-12(16)7-11(13)8-18-6-4-14(10-18)3-5-17-9-14/h1-2,7,17H,3-6,8-10H2. The summed E-state index contributed by atoms with van der Waals surface area (Å²) in [4.78, 5) is 2.40. The molecule has 0 radical (unpaired) electrons. The molecule has 1 unspecified atom stereocenters. The van der Waals surface area contributed by atoms with Gasteiger partial charge < -0.3 is 5.32 Å². The molecular weight excluding hydrogens is 251 g/mol. The molecule has 0 bridgehead atoms. The highest BCUT2D eigenvalue weighted by molar-refractivity contribution is 6.31. The second-order valence-corrected chi connectivity index (χ2v) is 6.03. The average molecular weight is 269 g/mol. The van der Waals surface area contributed by atoms with Crippen LogP contribution in [0.1, 0.15) is 18.4 Å². The third-order valence-electron chi connectivity index (χ3n) is 4.25. The predicted octanol–water partition coefficient (Wildman–Crippen LogP) is 2.66. The molecule has 2 aliphatic rings. The first-order valence-corrected chi connectivity index (χ1v) is 6.92. The van der Waals surface area contributed by atoms with E-state index in [1.165, 1.54) is 18.9 Å². The van der Waals surface area contributed by atoms with Gasteiger partial charge in [0.25, 0.3) is 0 Å². The quantitative estimate of drug-likeness (QED) is 0.887. The molecule has 2 nitrogen and oxygen atoms in total. The topological polar surface area (TPSA) is 15.3 Å². The van der Waals surface area contributed by atoms with Crippen LogP contribution in [-0.4, -0.2) is 31.1 Å². The zero-order valence-corrected chi connectivity index (χ0v) is 11.1. The van der Waals surface area contributed by atoms with Crippen LogP contribution in [0.4, 0.5) is 4.39 Å². The van der Waals surface area contributed by atoms with Crippen molar-refractivity contribution in [3.05, 3.63) is 34.6 Å². The Morgan fingerprint density at radius 2 is 2.28 bits per heavy atom. The van der Waals surface area contributed by atoms with Crippen LogP contribution in [0.3, 0.4) is 0 Å². The summed E-state index contributed by atoms with van der Waals surface area (Å²) in [6.07, 6.45) is 2.51. The summed E-state index contributed by atoms with van der Waals surface area (Å²) >= 11 is 6.12. The van der Waals surface area contributed by atoms with Gasteiger partial charge in [-0.1, -0.05) is 11.6 Å². The van der Waals surface area contributed by atoms with Gasteiger partial charge in [-0.3, -0.25) is 4.90 Å². The van der Waals surface area contributed by atoms with Crippen LogP contribution in [0.15, 0.2) is 18.2 Å². The summed E-state index contributed by atoms with van der Waals surface area (Å²) in [6.45, 7) is 5.22. The molecule has 1 spiro atoms. The molecule has 3 rings (SSSR count). The second-order valence-electron chi connectivity index (χ2n) is 5.62. The fraction of sp³-hybridized carbons (Fsp3) is 0.571. The van der Waals surface area contributed by atoms with Crippen molar-refractivity contribution in [2.24, 2.45) is 5.41 Å². The number of nitrogens with one attached hydrogen (secondary N) is 1. The van der Waals surface area contributed by atoms with Gasteiger partial charge in [-0.15, -0.1) is 0 Å². The van der Waals surface area contributed by atoms with E-state index < -0.39 is 0 Å². The molecule has 4 heteroatoms. The maximum Gasteiger partial charge on any atom is 0.123 e. The molecule has 1 N–H and O–H groups in total. The molecule has 98 valence electrons. The fourth-order valence-electron chi connectivity index (χ4n) is 3.21. The fourth-order valence-corrected chi connectivity index (χ4v) is 3.39. The van der Waals surface area contributed by atoms with Gasteiger partial charge in [-0.2, -0.15) is 0 Å². The highest BCUT2D eigenvalue weighted by atomic mass is 35.5. The molecule has 1 aromatic rings. The molecule has 0 saturated carbocycles. The van der Waals surface area contributed by atoms with Crippen LogP contribution in [-0.2, 0) is 6.54 Å². The van der Waals surface area contributed by atoms with Crippen molar-refractivity contribution in [1.29, 1.82) is 0 Å². The first-order chi connectivity index (χ1) is 8.67. The van der Waals surface area contributed by atoms with Gasteiger partial charge in [0.2, 0.25) is 0 Å². The highest BCUT2D eigenvalue weighted by Crippen LogP contribution is 2.37. The number of nitrogens with zero attached hydrogens (tertiary/aromatic N) is 1. The zero-order valence-electron chi connectivity index (χ0n) is 10.4. The van der Waals surface area contributed by atoms with Crippen molar-refractivity contribution in [3.63, 3.8) is 0 Å². The van der Waals surface area contributed by atoms with E-state index in [1.807, 2.05) is 0 Å². The molecule has 18 heavy (non-hydrogen) atoms. The third-order valence-corrected chi connectivity index (χ3v) is 4.62.